The third-order valence-electron chi connectivity index (χ3n) is 2.04. The van der Waals surface area contributed by atoms with E-state index in [-0.39, 0.29) is 5.92 Å². The summed E-state index contributed by atoms with van der Waals surface area (Å²) < 4.78 is 1.96. The highest BCUT2D eigenvalue weighted by Gasteiger charge is 2.12. The molecule has 0 bridgehead atoms. The minimum Gasteiger partial charge on any atom is -0.392 e. The number of aldehydes is 1. The molecule has 0 amide bonds. The molecule has 1 N–H and O–H groups in total. The summed E-state index contributed by atoms with van der Waals surface area (Å²) in [5, 5.41) is 9.76. The molecule has 80 valence electrons. The summed E-state index contributed by atoms with van der Waals surface area (Å²) >= 11 is 2.16. The predicted octanol–water partition coefficient (Wildman–Crippen LogP) is 2.86. The Morgan fingerprint density at radius 1 is 1.50 bits per heavy atom. The summed E-state index contributed by atoms with van der Waals surface area (Å²) in [5.74, 6) is 0.0199. The average molecular weight is 308 g/mol. The third kappa shape index (κ3) is 5.54. The molecule has 2 nitrogen and oxygen atoms in total. The van der Waals surface area contributed by atoms with Gasteiger partial charge in [-0.2, -0.15) is 0 Å². The summed E-state index contributed by atoms with van der Waals surface area (Å²) in [4.78, 5) is 10.4. The number of halogens is 1. The minimum absolute atomic E-state index is 0.0199. The lowest BCUT2D eigenvalue weighted by Gasteiger charge is -2.15. The molecule has 0 fully saturated rings. The SMILES string of the molecule is C/C(C=O)=C\[C@@H](C)[C@H](O)C/C(C)=C/I. The number of hydrogen-bond donors (Lipinski definition) is 1. The van der Waals surface area contributed by atoms with Gasteiger partial charge < -0.3 is 5.11 Å². The van der Waals surface area contributed by atoms with E-state index < -0.39 is 6.10 Å². The summed E-state index contributed by atoms with van der Waals surface area (Å²) in [5.41, 5.74) is 1.83. The summed E-state index contributed by atoms with van der Waals surface area (Å²) in [6.07, 6.45) is 2.87. The van der Waals surface area contributed by atoms with Crippen molar-refractivity contribution >= 4 is 28.9 Å². The van der Waals surface area contributed by atoms with Gasteiger partial charge in [0.15, 0.2) is 0 Å². The van der Waals surface area contributed by atoms with Crippen LogP contribution >= 0.6 is 22.6 Å². The monoisotopic (exact) mass is 308 g/mol. The summed E-state index contributed by atoms with van der Waals surface area (Å²) in [6, 6.07) is 0. The molecule has 0 aliphatic carbocycles. The molecule has 0 aliphatic rings. The quantitative estimate of drug-likeness (QED) is 0.482. The maximum absolute atomic E-state index is 10.4. The van der Waals surface area contributed by atoms with E-state index in [1.165, 1.54) is 0 Å². The maximum atomic E-state index is 10.4. The molecule has 0 saturated carbocycles. The van der Waals surface area contributed by atoms with E-state index in [0.29, 0.717) is 12.0 Å². The molecule has 0 aromatic carbocycles. The molecule has 0 aromatic heterocycles. The van der Waals surface area contributed by atoms with E-state index in [4.69, 9.17) is 0 Å². The third-order valence-corrected chi connectivity index (χ3v) is 3.10. The molecule has 0 rings (SSSR count). The van der Waals surface area contributed by atoms with Crippen molar-refractivity contribution in [2.45, 2.75) is 33.3 Å². The number of hydrogen-bond acceptors (Lipinski definition) is 2. The van der Waals surface area contributed by atoms with Crippen molar-refractivity contribution in [3.05, 3.63) is 21.3 Å². The highest BCUT2D eigenvalue weighted by molar-refractivity contribution is 14.1. The number of aliphatic hydroxyl groups is 1. The first kappa shape index (κ1) is 13.8. The molecule has 0 aromatic rings. The van der Waals surface area contributed by atoms with Crippen molar-refractivity contribution in [2.24, 2.45) is 5.92 Å². The zero-order chi connectivity index (χ0) is 11.1. The molecule has 2 atom stereocenters. The van der Waals surface area contributed by atoms with Gasteiger partial charge in [-0.25, -0.2) is 0 Å². The van der Waals surface area contributed by atoms with Crippen molar-refractivity contribution in [2.75, 3.05) is 0 Å². The summed E-state index contributed by atoms with van der Waals surface area (Å²) in [7, 11) is 0. The van der Waals surface area contributed by atoms with E-state index in [2.05, 4.69) is 22.6 Å². The number of allylic oxidation sites excluding steroid dienone is 1. The number of rotatable bonds is 5. The molecule has 0 unspecified atom stereocenters. The lowest BCUT2D eigenvalue weighted by molar-refractivity contribution is -0.104. The standard InChI is InChI=1S/C11H17IO2/c1-8(6-12)5-11(14)10(3)4-9(2)7-13/h4,6-7,10-11,14H,5H2,1-3H3/b8-6+,9-4+/t10-,11-/m1/s1. The van der Waals surface area contributed by atoms with Crippen LogP contribution in [-0.2, 0) is 4.79 Å². The minimum atomic E-state index is -0.407. The van der Waals surface area contributed by atoms with Crippen molar-refractivity contribution < 1.29 is 9.90 Å². The fourth-order valence-electron chi connectivity index (χ4n) is 1.13. The Labute approximate surface area is 99.2 Å². The molecule has 0 radical (unpaired) electrons. The zero-order valence-corrected chi connectivity index (χ0v) is 11.0. The van der Waals surface area contributed by atoms with Gasteiger partial charge >= 0.3 is 0 Å². The van der Waals surface area contributed by atoms with Gasteiger partial charge in [-0.3, -0.25) is 4.79 Å². The van der Waals surface area contributed by atoms with Crippen LogP contribution in [0.5, 0.6) is 0 Å². The van der Waals surface area contributed by atoms with Gasteiger partial charge in [0.1, 0.15) is 6.29 Å². The van der Waals surface area contributed by atoms with E-state index in [9.17, 15) is 9.90 Å². The van der Waals surface area contributed by atoms with Crippen LogP contribution < -0.4 is 0 Å². The second-order valence-corrected chi connectivity index (χ2v) is 4.24. The second kappa shape index (κ2) is 7.17. The zero-order valence-electron chi connectivity index (χ0n) is 8.83. The Kier molecular flexibility index (Phi) is 7.09. The van der Waals surface area contributed by atoms with Crippen molar-refractivity contribution in [3.63, 3.8) is 0 Å². The Balaban J connectivity index is 4.25. The van der Waals surface area contributed by atoms with Crippen molar-refractivity contribution in [1.29, 1.82) is 0 Å². The van der Waals surface area contributed by atoms with Gasteiger partial charge in [-0.15, -0.1) is 0 Å². The second-order valence-electron chi connectivity index (χ2n) is 3.61. The maximum Gasteiger partial charge on any atom is 0.145 e. The van der Waals surface area contributed by atoms with Gasteiger partial charge in [-0.1, -0.05) is 41.2 Å². The van der Waals surface area contributed by atoms with Crippen LogP contribution in [0.4, 0.5) is 0 Å². The van der Waals surface area contributed by atoms with Crippen molar-refractivity contribution in [1.82, 2.24) is 0 Å². The molecule has 3 heteroatoms. The molecule has 0 saturated heterocycles. The Bertz CT molecular complexity index is 244. The number of aliphatic hydroxyl groups excluding tert-OH is 1. The lowest BCUT2D eigenvalue weighted by Crippen LogP contribution is -2.16. The molecule has 0 spiro atoms. The van der Waals surface area contributed by atoms with Gasteiger partial charge in [-0.05, 0) is 29.9 Å². The topological polar surface area (TPSA) is 37.3 Å². The first-order valence-corrected chi connectivity index (χ1v) is 5.83. The fraction of sp³-hybridized carbons (Fsp3) is 0.545. The molecule has 14 heavy (non-hydrogen) atoms. The van der Waals surface area contributed by atoms with E-state index in [1.54, 1.807) is 13.0 Å². The van der Waals surface area contributed by atoms with Gasteiger partial charge in [0, 0.05) is 5.92 Å². The first-order valence-electron chi connectivity index (χ1n) is 4.58. The summed E-state index contributed by atoms with van der Waals surface area (Å²) in [6.45, 7) is 5.65. The first-order chi connectivity index (χ1) is 6.51. The van der Waals surface area contributed by atoms with Crippen LogP contribution in [0.2, 0.25) is 0 Å². The predicted molar refractivity (Wildman–Crippen MR) is 67.4 cm³/mol. The lowest BCUT2D eigenvalue weighted by atomic mass is 9.97. The Morgan fingerprint density at radius 3 is 2.50 bits per heavy atom. The fourth-order valence-corrected chi connectivity index (χ4v) is 1.38. The van der Waals surface area contributed by atoms with E-state index in [1.807, 2.05) is 17.9 Å². The van der Waals surface area contributed by atoms with Crippen LogP contribution in [0.15, 0.2) is 21.3 Å². The number of carbonyl (C=O) groups excluding carboxylic acids is 1. The highest BCUT2D eigenvalue weighted by Crippen LogP contribution is 2.16. The van der Waals surface area contributed by atoms with Gasteiger partial charge in [0.05, 0.1) is 6.10 Å². The highest BCUT2D eigenvalue weighted by atomic mass is 127. The Morgan fingerprint density at radius 2 is 2.07 bits per heavy atom. The van der Waals surface area contributed by atoms with Crippen LogP contribution in [0.25, 0.3) is 0 Å². The molecular formula is C11H17IO2. The number of carbonyl (C=O) groups is 1. The molecule has 0 heterocycles. The molecular weight excluding hydrogens is 291 g/mol. The van der Waals surface area contributed by atoms with E-state index >= 15 is 0 Å². The van der Waals surface area contributed by atoms with Crippen LogP contribution in [0, 0.1) is 5.92 Å². The van der Waals surface area contributed by atoms with Crippen LogP contribution in [-0.4, -0.2) is 17.5 Å². The average Bonchev–Trinajstić information content (AvgIpc) is 2.17. The van der Waals surface area contributed by atoms with Crippen molar-refractivity contribution in [3.8, 4) is 0 Å². The normalized spacial score (nSPS) is 17.8. The smallest absolute Gasteiger partial charge is 0.145 e. The Hall–Kier alpha value is -0.160. The van der Waals surface area contributed by atoms with Gasteiger partial charge in [0.25, 0.3) is 0 Å². The largest absolute Gasteiger partial charge is 0.392 e. The van der Waals surface area contributed by atoms with E-state index in [0.717, 1.165) is 11.9 Å². The van der Waals surface area contributed by atoms with Crippen LogP contribution in [0.3, 0.4) is 0 Å². The van der Waals surface area contributed by atoms with Gasteiger partial charge in [0.2, 0.25) is 0 Å². The molecule has 0 aliphatic heterocycles. The van der Waals surface area contributed by atoms with Crippen LogP contribution in [0.1, 0.15) is 27.2 Å².